The van der Waals surface area contributed by atoms with Gasteiger partial charge in [0.15, 0.2) is 9.84 Å². The van der Waals surface area contributed by atoms with E-state index in [-0.39, 0.29) is 43.3 Å². The molecule has 2 fully saturated rings. The van der Waals surface area contributed by atoms with Gasteiger partial charge in [-0.2, -0.15) is 0 Å². The summed E-state index contributed by atoms with van der Waals surface area (Å²) in [4.78, 5) is 22.7. The number of sulfone groups is 1. The molecule has 2 saturated heterocycles. The molecule has 0 aliphatic carbocycles. The molecule has 0 bridgehead atoms. The van der Waals surface area contributed by atoms with Gasteiger partial charge in [0.05, 0.1) is 17.2 Å². The van der Waals surface area contributed by atoms with Crippen LogP contribution in [0.1, 0.15) is 16.1 Å². The Balaban J connectivity index is 1.47. The monoisotopic (exact) mass is 379 g/mol. The van der Waals surface area contributed by atoms with Crippen LogP contribution in [0, 0.1) is 5.92 Å². The van der Waals surface area contributed by atoms with Crippen LogP contribution in [0.5, 0.6) is 6.01 Å². The lowest BCUT2D eigenvalue weighted by Gasteiger charge is -2.49. The highest BCUT2D eigenvalue weighted by Crippen LogP contribution is 2.45. The van der Waals surface area contributed by atoms with Gasteiger partial charge in [0.2, 0.25) is 0 Å². The average Bonchev–Trinajstić information content (AvgIpc) is 3.18. The Bertz CT molecular complexity index is 862. The van der Waals surface area contributed by atoms with Gasteiger partial charge in [-0.15, -0.1) is 11.3 Å². The molecule has 4 rings (SSSR count). The standard InChI is InChI=1S/C16H17N3O4S2/c20-14(13-3-1-7-24-13)19-10-16(11-19)12(4-8-25(16,21)22)9-23-15-17-5-2-6-18-15/h1-3,5-7,12H,4,8-11H2/t12-/m1/s1. The second-order valence-corrected chi connectivity index (χ2v) is 9.75. The van der Waals surface area contributed by atoms with Gasteiger partial charge in [0.1, 0.15) is 4.75 Å². The molecule has 132 valence electrons. The Kier molecular flexibility index (Phi) is 3.99. The lowest BCUT2D eigenvalue weighted by molar-refractivity contribution is 0.0408. The fraction of sp³-hybridized carbons (Fsp3) is 0.438. The summed E-state index contributed by atoms with van der Waals surface area (Å²) in [5.41, 5.74) is 0. The highest BCUT2D eigenvalue weighted by Gasteiger charge is 2.62. The molecule has 2 aromatic rings. The number of hydrogen-bond acceptors (Lipinski definition) is 7. The van der Waals surface area contributed by atoms with Gasteiger partial charge in [0.25, 0.3) is 5.91 Å². The number of likely N-dealkylation sites (tertiary alicyclic amines) is 1. The third-order valence-corrected chi connectivity index (χ3v) is 8.45. The molecule has 0 N–H and O–H groups in total. The predicted octanol–water partition coefficient (Wildman–Crippen LogP) is 1.25. The van der Waals surface area contributed by atoms with Gasteiger partial charge in [-0.3, -0.25) is 4.79 Å². The first-order valence-electron chi connectivity index (χ1n) is 7.97. The first kappa shape index (κ1) is 16.5. The molecule has 0 unspecified atom stereocenters. The smallest absolute Gasteiger partial charge is 0.316 e. The summed E-state index contributed by atoms with van der Waals surface area (Å²) in [6.07, 6.45) is 3.69. The molecule has 2 aliphatic rings. The molecule has 1 amide bonds. The molecule has 1 spiro atoms. The van der Waals surface area contributed by atoms with Crippen LogP contribution in [0.25, 0.3) is 0 Å². The molecular weight excluding hydrogens is 362 g/mol. The number of aromatic nitrogens is 2. The zero-order chi connectivity index (χ0) is 17.5. The molecule has 2 aliphatic heterocycles. The van der Waals surface area contributed by atoms with Crippen molar-refractivity contribution in [1.82, 2.24) is 14.9 Å². The van der Waals surface area contributed by atoms with E-state index < -0.39 is 14.6 Å². The van der Waals surface area contributed by atoms with Crippen molar-refractivity contribution >= 4 is 27.1 Å². The molecular formula is C16H17N3O4S2. The minimum absolute atomic E-state index is 0.103. The van der Waals surface area contributed by atoms with E-state index >= 15 is 0 Å². The molecule has 2 aromatic heterocycles. The molecule has 25 heavy (non-hydrogen) atoms. The molecule has 1 atom stereocenters. The zero-order valence-electron chi connectivity index (χ0n) is 13.4. The summed E-state index contributed by atoms with van der Waals surface area (Å²) >= 11 is 1.37. The van der Waals surface area contributed by atoms with Crippen LogP contribution in [0.4, 0.5) is 0 Å². The van der Waals surface area contributed by atoms with Gasteiger partial charge in [0, 0.05) is 31.4 Å². The van der Waals surface area contributed by atoms with E-state index in [9.17, 15) is 13.2 Å². The maximum Gasteiger partial charge on any atom is 0.316 e. The fourth-order valence-electron chi connectivity index (χ4n) is 3.54. The number of carbonyl (C=O) groups excluding carboxylic acids is 1. The van der Waals surface area contributed by atoms with E-state index in [1.54, 1.807) is 29.4 Å². The van der Waals surface area contributed by atoms with Crippen molar-refractivity contribution in [3.8, 4) is 6.01 Å². The molecule has 0 aromatic carbocycles. The Morgan fingerprint density at radius 3 is 2.76 bits per heavy atom. The van der Waals surface area contributed by atoms with Crippen LogP contribution >= 0.6 is 11.3 Å². The average molecular weight is 379 g/mol. The first-order valence-corrected chi connectivity index (χ1v) is 10.5. The van der Waals surface area contributed by atoms with E-state index in [0.29, 0.717) is 11.3 Å². The summed E-state index contributed by atoms with van der Waals surface area (Å²) in [7, 11) is -3.25. The lowest BCUT2D eigenvalue weighted by atomic mass is 9.83. The summed E-state index contributed by atoms with van der Waals surface area (Å²) in [6.45, 7) is 0.704. The largest absolute Gasteiger partial charge is 0.463 e. The Morgan fingerprint density at radius 1 is 1.32 bits per heavy atom. The second-order valence-electron chi connectivity index (χ2n) is 6.35. The molecule has 4 heterocycles. The zero-order valence-corrected chi connectivity index (χ0v) is 15.0. The summed E-state index contributed by atoms with van der Waals surface area (Å²) in [5, 5.41) is 1.84. The van der Waals surface area contributed by atoms with E-state index in [0.717, 1.165) is 0 Å². The summed E-state index contributed by atoms with van der Waals surface area (Å²) < 4.78 is 29.9. The number of amides is 1. The van der Waals surface area contributed by atoms with Gasteiger partial charge in [-0.25, -0.2) is 18.4 Å². The molecule has 7 nitrogen and oxygen atoms in total. The lowest BCUT2D eigenvalue weighted by Crippen LogP contribution is -2.68. The highest BCUT2D eigenvalue weighted by molar-refractivity contribution is 7.93. The maximum absolute atomic E-state index is 12.6. The third kappa shape index (κ3) is 2.71. The fourth-order valence-corrected chi connectivity index (χ4v) is 6.63. The number of hydrogen-bond donors (Lipinski definition) is 0. The maximum atomic E-state index is 12.6. The third-order valence-electron chi connectivity index (χ3n) is 4.99. The quantitative estimate of drug-likeness (QED) is 0.794. The topological polar surface area (TPSA) is 89.5 Å². The SMILES string of the molecule is O=C(c1cccs1)N1CC2(C1)[C@@H](COc1ncccn1)CCS2(=O)=O. The van der Waals surface area contributed by atoms with Crippen LogP contribution < -0.4 is 4.74 Å². The Hall–Kier alpha value is -2.00. The van der Waals surface area contributed by atoms with Crippen molar-refractivity contribution in [1.29, 1.82) is 0 Å². The molecule has 9 heteroatoms. The normalized spacial score (nSPS) is 23.4. The molecule has 0 saturated carbocycles. The predicted molar refractivity (Wildman–Crippen MR) is 92.4 cm³/mol. The van der Waals surface area contributed by atoms with Crippen molar-refractivity contribution in [2.45, 2.75) is 11.2 Å². The van der Waals surface area contributed by atoms with E-state index in [1.807, 2.05) is 11.4 Å². The summed E-state index contributed by atoms with van der Waals surface area (Å²) in [5.74, 6) is -0.125. The van der Waals surface area contributed by atoms with Crippen molar-refractivity contribution < 1.29 is 17.9 Å². The van der Waals surface area contributed by atoms with E-state index in [2.05, 4.69) is 9.97 Å². The van der Waals surface area contributed by atoms with Gasteiger partial charge in [-0.1, -0.05) is 6.07 Å². The molecule has 0 radical (unpaired) electrons. The Morgan fingerprint density at radius 2 is 2.08 bits per heavy atom. The first-order chi connectivity index (χ1) is 12.0. The minimum atomic E-state index is -3.25. The van der Waals surface area contributed by atoms with Gasteiger partial charge < -0.3 is 9.64 Å². The van der Waals surface area contributed by atoms with Crippen molar-refractivity contribution in [2.75, 3.05) is 25.4 Å². The number of rotatable bonds is 4. The second kappa shape index (κ2) is 6.06. The van der Waals surface area contributed by atoms with Crippen LogP contribution in [-0.4, -0.2) is 59.4 Å². The van der Waals surface area contributed by atoms with Crippen LogP contribution in [0.3, 0.4) is 0 Å². The van der Waals surface area contributed by atoms with E-state index in [1.165, 1.54) is 11.3 Å². The van der Waals surface area contributed by atoms with Crippen molar-refractivity contribution in [2.24, 2.45) is 5.92 Å². The van der Waals surface area contributed by atoms with E-state index in [4.69, 9.17) is 4.74 Å². The minimum Gasteiger partial charge on any atom is -0.463 e. The number of ether oxygens (including phenoxy) is 1. The van der Waals surface area contributed by atoms with Crippen LogP contribution in [0.2, 0.25) is 0 Å². The number of nitrogens with zero attached hydrogens (tertiary/aromatic N) is 3. The van der Waals surface area contributed by atoms with Gasteiger partial charge in [-0.05, 0) is 23.9 Å². The van der Waals surface area contributed by atoms with Crippen molar-refractivity contribution in [3.05, 3.63) is 40.8 Å². The van der Waals surface area contributed by atoms with Crippen LogP contribution in [-0.2, 0) is 9.84 Å². The summed E-state index contributed by atoms with van der Waals surface area (Å²) in [6, 6.07) is 5.51. The van der Waals surface area contributed by atoms with Gasteiger partial charge >= 0.3 is 6.01 Å². The highest BCUT2D eigenvalue weighted by atomic mass is 32.2. The number of thiophene rings is 1. The van der Waals surface area contributed by atoms with Crippen LogP contribution in [0.15, 0.2) is 36.0 Å². The number of carbonyl (C=O) groups is 1. The van der Waals surface area contributed by atoms with Crippen molar-refractivity contribution in [3.63, 3.8) is 0 Å². The Labute approximate surface area is 149 Å².